The largest absolute Gasteiger partial charge is 0.478 e. The third-order valence-electron chi connectivity index (χ3n) is 6.47. The molecule has 0 aliphatic carbocycles. The summed E-state index contributed by atoms with van der Waals surface area (Å²) in [5.41, 5.74) is 2.83. The average Bonchev–Trinajstić information content (AvgIpc) is 3.06. The first-order chi connectivity index (χ1) is 21.6. The minimum Gasteiger partial charge on any atom is -0.478 e. The number of ketones is 2. The Morgan fingerprint density at radius 2 is 1.07 bits per heavy atom. The molecule has 0 unspecified atom stereocenters. The van der Waals surface area contributed by atoms with Gasteiger partial charge in [-0.3, -0.25) is 29.5 Å². The Hall–Kier alpha value is -5.58. The maximum Gasteiger partial charge on any atom is 0.337 e. The monoisotopic (exact) mass is 638 g/mol. The van der Waals surface area contributed by atoms with Gasteiger partial charge in [-0.15, -0.1) is 0 Å². The number of nitrogens with zero attached hydrogens (tertiary/aromatic N) is 4. The second-order valence-corrected chi connectivity index (χ2v) is 10.3. The molecule has 2 aromatic carbocycles. The van der Waals surface area contributed by atoms with Gasteiger partial charge in [0, 0.05) is 46.7 Å². The Morgan fingerprint density at radius 1 is 0.600 bits per heavy atom. The van der Waals surface area contributed by atoms with Gasteiger partial charge in [-0.05, 0) is 72.8 Å². The van der Waals surface area contributed by atoms with Crippen LogP contribution in [0.1, 0.15) is 52.8 Å². The molecule has 12 heteroatoms. The van der Waals surface area contributed by atoms with E-state index in [2.05, 4.69) is 24.7 Å². The van der Waals surface area contributed by atoms with Gasteiger partial charge in [0.1, 0.15) is 11.4 Å². The SMILES string of the molecule is COC(=O)c1ccnc(C(=O)c2ccc3ncc(Cl)cc3c2)c1.O=C(O)c1ccnc(C(=O)c2ccc3ncc(Cl)cc3c2)c1. The molecule has 0 bridgehead atoms. The zero-order valence-corrected chi connectivity index (χ0v) is 24.8. The maximum absolute atomic E-state index is 12.6. The van der Waals surface area contributed by atoms with Crippen LogP contribution in [0.25, 0.3) is 21.8 Å². The van der Waals surface area contributed by atoms with Crippen molar-refractivity contribution in [2.75, 3.05) is 7.11 Å². The molecule has 0 radical (unpaired) electrons. The summed E-state index contributed by atoms with van der Waals surface area (Å²) in [5.74, 6) is -2.27. The number of carbonyl (C=O) groups is 4. The van der Waals surface area contributed by atoms with Gasteiger partial charge < -0.3 is 9.84 Å². The van der Waals surface area contributed by atoms with E-state index in [-0.39, 0.29) is 34.1 Å². The molecule has 0 fully saturated rings. The zero-order valence-electron chi connectivity index (χ0n) is 23.3. The Labute approximate surface area is 265 Å². The van der Waals surface area contributed by atoms with Crippen molar-refractivity contribution in [3.63, 3.8) is 0 Å². The molecule has 0 aliphatic rings. The zero-order chi connectivity index (χ0) is 32.1. The average molecular weight is 639 g/mol. The van der Waals surface area contributed by atoms with Crippen LogP contribution in [0.2, 0.25) is 10.0 Å². The molecule has 1 N–H and O–H groups in total. The van der Waals surface area contributed by atoms with Crippen LogP contribution in [-0.4, -0.2) is 55.7 Å². The van der Waals surface area contributed by atoms with E-state index in [4.69, 9.17) is 28.3 Å². The highest BCUT2D eigenvalue weighted by Crippen LogP contribution is 2.21. The molecule has 0 amide bonds. The van der Waals surface area contributed by atoms with Gasteiger partial charge in [-0.2, -0.15) is 0 Å². The number of pyridine rings is 4. The summed E-state index contributed by atoms with van der Waals surface area (Å²) in [5, 5.41) is 11.4. The Kier molecular flexibility index (Phi) is 9.17. The molecule has 0 saturated carbocycles. The Balaban J connectivity index is 0.000000178. The first-order valence-electron chi connectivity index (χ1n) is 13.1. The number of aromatic carboxylic acids is 1. The van der Waals surface area contributed by atoms with Crippen LogP contribution in [0.15, 0.2) is 97.6 Å². The smallest absolute Gasteiger partial charge is 0.337 e. The molecule has 45 heavy (non-hydrogen) atoms. The predicted octanol–water partition coefficient (Wildman–Crippen LogP) is 6.51. The van der Waals surface area contributed by atoms with E-state index in [9.17, 15) is 19.2 Å². The second-order valence-electron chi connectivity index (χ2n) is 9.44. The fourth-order valence-corrected chi connectivity index (χ4v) is 4.61. The van der Waals surface area contributed by atoms with E-state index in [1.807, 2.05) is 0 Å². The number of carboxylic acid groups (broad SMARTS) is 1. The van der Waals surface area contributed by atoms with Crippen LogP contribution in [0.4, 0.5) is 0 Å². The number of ether oxygens (including phenoxy) is 1. The van der Waals surface area contributed by atoms with Crippen LogP contribution < -0.4 is 0 Å². The van der Waals surface area contributed by atoms with Crippen molar-refractivity contribution in [1.82, 2.24) is 19.9 Å². The molecule has 222 valence electrons. The lowest BCUT2D eigenvalue weighted by atomic mass is 10.0. The maximum atomic E-state index is 12.6. The predicted molar refractivity (Wildman–Crippen MR) is 167 cm³/mol. The quantitative estimate of drug-likeness (QED) is 0.158. The number of hydrogen-bond acceptors (Lipinski definition) is 9. The third-order valence-corrected chi connectivity index (χ3v) is 6.89. The fraction of sp³-hybridized carbons (Fsp3) is 0.0303. The van der Waals surface area contributed by atoms with Crippen LogP contribution >= 0.6 is 23.2 Å². The van der Waals surface area contributed by atoms with Gasteiger partial charge >= 0.3 is 11.9 Å². The van der Waals surface area contributed by atoms with Crippen LogP contribution in [-0.2, 0) is 4.74 Å². The Morgan fingerprint density at radius 3 is 1.53 bits per heavy atom. The Bertz CT molecular complexity index is 2140. The number of carbonyl (C=O) groups excluding carboxylic acids is 3. The summed E-state index contributed by atoms with van der Waals surface area (Å²) in [6, 6.07) is 19.0. The number of aromatic nitrogens is 4. The molecule has 4 aromatic heterocycles. The van der Waals surface area contributed by atoms with E-state index >= 15 is 0 Å². The van der Waals surface area contributed by atoms with E-state index in [0.29, 0.717) is 26.7 Å². The highest BCUT2D eigenvalue weighted by molar-refractivity contribution is 6.31. The summed E-state index contributed by atoms with van der Waals surface area (Å²) < 4.78 is 4.65. The van der Waals surface area contributed by atoms with E-state index < -0.39 is 11.9 Å². The van der Waals surface area contributed by atoms with Gasteiger partial charge in [0.2, 0.25) is 11.6 Å². The highest BCUT2D eigenvalue weighted by atomic mass is 35.5. The molecule has 0 spiro atoms. The molecular weight excluding hydrogens is 619 g/mol. The lowest BCUT2D eigenvalue weighted by molar-refractivity contribution is 0.0599. The van der Waals surface area contributed by atoms with Gasteiger partial charge in [0.25, 0.3) is 0 Å². The van der Waals surface area contributed by atoms with Crippen molar-refractivity contribution < 1.29 is 29.0 Å². The summed E-state index contributed by atoms with van der Waals surface area (Å²) in [7, 11) is 1.28. The summed E-state index contributed by atoms with van der Waals surface area (Å²) in [6.45, 7) is 0. The molecule has 10 nitrogen and oxygen atoms in total. The first kappa shape index (κ1) is 30.9. The minimum atomic E-state index is -1.11. The standard InChI is InChI=1S/C17H11ClN2O3.C16H9ClN2O3/c1-23-17(22)11-4-5-19-15(8-11)16(21)10-2-3-14-12(6-10)7-13(18)9-20-14;17-12-6-11-5-9(1-2-13(11)19-8-12)15(20)14-7-10(16(21)22)3-4-18-14/h2-9H,1H3;1-8H,(H,21,22). The first-order valence-corrected chi connectivity index (χ1v) is 13.8. The second kappa shape index (κ2) is 13.4. The number of esters is 1. The molecular formula is C33H20Cl2N4O6. The van der Waals surface area contributed by atoms with Crippen molar-refractivity contribution >= 4 is 68.5 Å². The van der Waals surface area contributed by atoms with E-state index in [1.165, 1.54) is 50.0 Å². The molecule has 0 atom stereocenters. The van der Waals surface area contributed by atoms with Gasteiger partial charge in [0.15, 0.2) is 0 Å². The summed E-state index contributed by atoms with van der Waals surface area (Å²) >= 11 is 11.8. The molecule has 0 saturated heterocycles. The lowest BCUT2D eigenvalue weighted by Gasteiger charge is -2.04. The van der Waals surface area contributed by atoms with Gasteiger partial charge in [0.05, 0.1) is 39.3 Å². The van der Waals surface area contributed by atoms with Crippen LogP contribution in [0.3, 0.4) is 0 Å². The van der Waals surface area contributed by atoms with Crippen molar-refractivity contribution in [2.24, 2.45) is 0 Å². The van der Waals surface area contributed by atoms with Gasteiger partial charge in [-0.1, -0.05) is 23.2 Å². The number of rotatable bonds is 6. The normalized spacial score (nSPS) is 10.6. The number of benzene rings is 2. The molecule has 6 rings (SSSR count). The lowest BCUT2D eigenvalue weighted by Crippen LogP contribution is -2.08. The molecule has 6 aromatic rings. The van der Waals surface area contributed by atoms with Crippen LogP contribution in [0.5, 0.6) is 0 Å². The van der Waals surface area contributed by atoms with Crippen molar-refractivity contribution in [2.45, 2.75) is 0 Å². The number of fused-ring (bicyclic) bond motifs is 2. The summed E-state index contributed by atoms with van der Waals surface area (Å²) in [6.07, 6.45) is 5.78. The number of carboxylic acids is 1. The molecule has 4 heterocycles. The number of halogens is 2. The minimum absolute atomic E-state index is 0.0175. The van der Waals surface area contributed by atoms with Crippen molar-refractivity contribution in [3.05, 3.63) is 141 Å². The third kappa shape index (κ3) is 7.15. The highest BCUT2D eigenvalue weighted by Gasteiger charge is 2.16. The van der Waals surface area contributed by atoms with E-state index in [1.54, 1.807) is 54.7 Å². The summed E-state index contributed by atoms with van der Waals surface area (Å²) in [4.78, 5) is 63.8. The van der Waals surface area contributed by atoms with Crippen molar-refractivity contribution in [1.29, 1.82) is 0 Å². The van der Waals surface area contributed by atoms with Crippen molar-refractivity contribution in [3.8, 4) is 0 Å². The molecule has 0 aliphatic heterocycles. The van der Waals surface area contributed by atoms with Crippen LogP contribution in [0, 0.1) is 0 Å². The topological polar surface area (TPSA) is 149 Å². The fourth-order valence-electron chi connectivity index (χ4n) is 4.27. The number of hydrogen-bond donors (Lipinski definition) is 1. The van der Waals surface area contributed by atoms with E-state index in [0.717, 1.165) is 16.3 Å². The number of methoxy groups -OCH3 is 1. The van der Waals surface area contributed by atoms with Gasteiger partial charge in [-0.25, -0.2) is 9.59 Å².